The molecular formula is C13H19NO2. The number of methoxy groups -OCH3 is 1. The molecule has 0 radical (unpaired) electrons. The Morgan fingerprint density at radius 3 is 2.88 bits per heavy atom. The molecule has 1 aromatic carbocycles. The number of aryl methyl sites for hydroxylation is 1. The summed E-state index contributed by atoms with van der Waals surface area (Å²) in [4.78, 5) is 2.28. The van der Waals surface area contributed by atoms with Gasteiger partial charge in [-0.3, -0.25) is 4.90 Å². The fourth-order valence-electron chi connectivity index (χ4n) is 2.25. The predicted octanol–water partition coefficient (Wildman–Crippen LogP) is 1.57. The van der Waals surface area contributed by atoms with Gasteiger partial charge in [-0.1, -0.05) is 12.1 Å². The number of ether oxygens (including phenoxy) is 1. The van der Waals surface area contributed by atoms with Gasteiger partial charge in [-0.2, -0.15) is 0 Å². The van der Waals surface area contributed by atoms with Crippen LogP contribution in [0.2, 0.25) is 0 Å². The first kappa shape index (κ1) is 11.4. The van der Waals surface area contributed by atoms with Crippen LogP contribution in [0, 0.1) is 6.92 Å². The van der Waals surface area contributed by atoms with E-state index in [0.717, 1.165) is 31.8 Å². The zero-order valence-electron chi connectivity index (χ0n) is 9.94. The molecule has 16 heavy (non-hydrogen) atoms. The topological polar surface area (TPSA) is 32.7 Å². The highest BCUT2D eigenvalue weighted by Gasteiger charge is 2.19. The molecule has 1 unspecified atom stereocenters. The third kappa shape index (κ3) is 2.54. The fourth-order valence-corrected chi connectivity index (χ4v) is 2.25. The van der Waals surface area contributed by atoms with Gasteiger partial charge in [-0.15, -0.1) is 0 Å². The molecule has 1 aromatic rings. The van der Waals surface area contributed by atoms with Crippen LogP contribution in [0.3, 0.4) is 0 Å². The first-order valence-electron chi connectivity index (χ1n) is 5.73. The average molecular weight is 221 g/mol. The molecule has 2 rings (SSSR count). The van der Waals surface area contributed by atoms with Crippen molar-refractivity contribution in [1.82, 2.24) is 4.90 Å². The molecule has 0 aliphatic carbocycles. The Labute approximate surface area is 96.6 Å². The van der Waals surface area contributed by atoms with Crippen LogP contribution < -0.4 is 4.74 Å². The number of hydrogen-bond acceptors (Lipinski definition) is 3. The van der Waals surface area contributed by atoms with Gasteiger partial charge in [0.25, 0.3) is 0 Å². The number of benzene rings is 1. The number of aliphatic hydroxyl groups excluding tert-OH is 1. The van der Waals surface area contributed by atoms with E-state index in [4.69, 9.17) is 4.74 Å². The van der Waals surface area contributed by atoms with E-state index < -0.39 is 0 Å². The van der Waals surface area contributed by atoms with E-state index >= 15 is 0 Å². The van der Waals surface area contributed by atoms with Crippen LogP contribution in [0.25, 0.3) is 0 Å². The van der Waals surface area contributed by atoms with Crippen molar-refractivity contribution in [3.63, 3.8) is 0 Å². The lowest BCUT2D eigenvalue weighted by Gasteiger charge is -2.15. The number of likely N-dealkylation sites (tertiary alicyclic amines) is 1. The van der Waals surface area contributed by atoms with Gasteiger partial charge in [0, 0.05) is 19.6 Å². The lowest BCUT2D eigenvalue weighted by atomic mass is 10.1. The maximum absolute atomic E-state index is 9.45. The number of aliphatic hydroxyl groups is 1. The van der Waals surface area contributed by atoms with Crippen molar-refractivity contribution in [3.05, 3.63) is 29.3 Å². The van der Waals surface area contributed by atoms with Gasteiger partial charge in [0.05, 0.1) is 13.2 Å². The molecule has 1 saturated heterocycles. The molecule has 88 valence electrons. The third-order valence-electron chi connectivity index (χ3n) is 3.11. The molecule has 0 aromatic heterocycles. The predicted molar refractivity (Wildman–Crippen MR) is 63.6 cm³/mol. The Bertz CT molecular complexity index is 365. The average Bonchev–Trinajstić information content (AvgIpc) is 2.64. The Balaban J connectivity index is 2.02. The van der Waals surface area contributed by atoms with Crippen LogP contribution >= 0.6 is 0 Å². The van der Waals surface area contributed by atoms with Gasteiger partial charge in [0.15, 0.2) is 0 Å². The number of rotatable bonds is 3. The van der Waals surface area contributed by atoms with Gasteiger partial charge in [0.1, 0.15) is 5.75 Å². The smallest absolute Gasteiger partial charge is 0.121 e. The second kappa shape index (κ2) is 4.85. The largest absolute Gasteiger partial charge is 0.496 e. The van der Waals surface area contributed by atoms with E-state index in [0.29, 0.717) is 0 Å². The van der Waals surface area contributed by atoms with E-state index in [1.165, 1.54) is 11.1 Å². The van der Waals surface area contributed by atoms with E-state index in [1.807, 2.05) is 6.07 Å². The quantitative estimate of drug-likeness (QED) is 0.841. The minimum absolute atomic E-state index is 0.139. The molecule has 0 saturated carbocycles. The standard InChI is InChI=1S/C13H19NO2/c1-10-7-11(3-4-13(10)16-2)8-14-6-5-12(15)9-14/h3-4,7,12,15H,5-6,8-9H2,1-2H3. The van der Waals surface area contributed by atoms with E-state index in [9.17, 15) is 5.11 Å². The summed E-state index contributed by atoms with van der Waals surface area (Å²) < 4.78 is 5.23. The molecule has 1 N–H and O–H groups in total. The summed E-state index contributed by atoms with van der Waals surface area (Å²) in [5.74, 6) is 0.935. The van der Waals surface area contributed by atoms with Crippen molar-refractivity contribution >= 4 is 0 Å². The molecular weight excluding hydrogens is 202 g/mol. The van der Waals surface area contributed by atoms with Crippen molar-refractivity contribution in [2.24, 2.45) is 0 Å². The first-order chi connectivity index (χ1) is 7.69. The number of hydrogen-bond donors (Lipinski definition) is 1. The maximum Gasteiger partial charge on any atom is 0.121 e. The second-order valence-corrected chi connectivity index (χ2v) is 4.48. The SMILES string of the molecule is COc1ccc(CN2CCC(O)C2)cc1C. The van der Waals surface area contributed by atoms with Crippen LogP contribution in [0.15, 0.2) is 18.2 Å². The number of β-amino-alcohol motifs (C(OH)–C–C–N with tert-alkyl or cyclic N) is 1. The fraction of sp³-hybridized carbons (Fsp3) is 0.538. The normalized spacial score (nSPS) is 21.3. The first-order valence-corrected chi connectivity index (χ1v) is 5.73. The molecule has 1 aliphatic heterocycles. The molecule has 3 heteroatoms. The van der Waals surface area contributed by atoms with Gasteiger partial charge < -0.3 is 9.84 Å². The van der Waals surface area contributed by atoms with Crippen molar-refractivity contribution in [2.75, 3.05) is 20.2 Å². The van der Waals surface area contributed by atoms with Crippen molar-refractivity contribution in [1.29, 1.82) is 0 Å². The summed E-state index contributed by atoms with van der Waals surface area (Å²) in [6.45, 7) is 4.76. The summed E-state index contributed by atoms with van der Waals surface area (Å²) in [5.41, 5.74) is 2.45. The summed E-state index contributed by atoms with van der Waals surface area (Å²) >= 11 is 0. The van der Waals surface area contributed by atoms with Crippen molar-refractivity contribution in [2.45, 2.75) is 26.0 Å². The molecule has 1 atom stereocenters. The zero-order valence-corrected chi connectivity index (χ0v) is 9.94. The van der Waals surface area contributed by atoms with Crippen LogP contribution in [0.1, 0.15) is 17.5 Å². The van der Waals surface area contributed by atoms with Gasteiger partial charge in [0.2, 0.25) is 0 Å². The number of nitrogens with zero attached hydrogens (tertiary/aromatic N) is 1. The Hall–Kier alpha value is -1.06. The minimum Gasteiger partial charge on any atom is -0.496 e. The summed E-state index contributed by atoms with van der Waals surface area (Å²) in [5, 5.41) is 9.45. The van der Waals surface area contributed by atoms with Crippen molar-refractivity contribution < 1.29 is 9.84 Å². The van der Waals surface area contributed by atoms with Crippen LogP contribution in [0.4, 0.5) is 0 Å². The second-order valence-electron chi connectivity index (χ2n) is 4.48. The van der Waals surface area contributed by atoms with E-state index in [2.05, 4.69) is 24.0 Å². The van der Waals surface area contributed by atoms with Gasteiger partial charge >= 0.3 is 0 Å². The molecule has 0 spiro atoms. The molecule has 1 fully saturated rings. The molecule has 1 aliphatic rings. The molecule has 3 nitrogen and oxygen atoms in total. The minimum atomic E-state index is -0.139. The van der Waals surface area contributed by atoms with Crippen molar-refractivity contribution in [3.8, 4) is 5.75 Å². The van der Waals surface area contributed by atoms with Gasteiger partial charge in [-0.05, 0) is 30.5 Å². The Morgan fingerprint density at radius 1 is 1.50 bits per heavy atom. The highest BCUT2D eigenvalue weighted by atomic mass is 16.5. The van der Waals surface area contributed by atoms with Crippen LogP contribution in [0.5, 0.6) is 5.75 Å². The summed E-state index contributed by atoms with van der Waals surface area (Å²) in [6.07, 6.45) is 0.758. The highest BCUT2D eigenvalue weighted by molar-refractivity contribution is 5.36. The van der Waals surface area contributed by atoms with Crippen LogP contribution in [-0.4, -0.2) is 36.3 Å². The molecule has 1 heterocycles. The monoisotopic (exact) mass is 221 g/mol. The maximum atomic E-state index is 9.45. The lowest BCUT2D eigenvalue weighted by Crippen LogP contribution is -2.21. The van der Waals surface area contributed by atoms with E-state index in [1.54, 1.807) is 7.11 Å². The molecule has 0 bridgehead atoms. The summed E-state index contributed by atoms with van der Waals surface area (Å²) in [6, 6.07) is 6.26. The van der Waals surface area contributed by atoms with E-state index in [-0.39, 0.29) is 6.10 Å². The highest BCUT2D eigenvalue weighted by Crippen LogP contribution is 2.20. The Morgan fingerprint density at radius 2 is 2.31 bits per heavy atom. The van der Waals surface area contributed by atoms with Crippen LogP contribution in [-0.2, 0) is 6.54 Å². The third-order valence-corrected chi connectivity index (χ3v) is 3.11. The Kier molecular flexibility index (Phi) is 3.46. The summed E-state index contributed by atoms with van der Waals surface area (Å²) in [7, 11) is 1.69. The lowest BCUT2D eigenvalue weighted by molar-refractivity contribution is 0.175. The zero-order chi connectivity index (χ0) is 11.5. The molecule has 0 amide bonds. The van der Waals surface area contributed by atoms with Gasteiger partial charge in [-0.25, -0.2) is 0 Å².